The van der Waals surface area contributed by atoms with Crippen molar-refractivity contribution in [1.29, 1.82) is 0 Å². The third-order valence-electron chi connectivity index (χ3n) is 2.79. The van der Waals surface area contributed by atoms with Gasteiger partial charge in [0.1, 0.15) is 0 Å². The third-order valence-corrected chi connectivity index (χ3v) is 3.04. The molecule has 6 heteroatoms. The second-order valence-electron chi connectivity index (χ2n) is 4.26. The van der Waals surface area contributed by atoms with Crippen LogP contribution in [0.5, 0.6) is 0 Å². The van der Waals surface area contributed by atoms with Gasteiger partial charge >= 0.3 is 11.9 Å². The minimum atomic E-state index is -0.373. The Morgan fingerprint density at radius 2 is 1.60 bits per heavy atom. The molecular weight excluding hydrogens is 282 g/mol. The van der Waals surface area contributed by atoms with Crippen LogP contribution in [0.4, 0.5) is 0 Å². The van der Waals surface area contributed by atoms with Crippen LogP contribution in [0.25, 0.3) is 0 Å². The van der Waals surface area contributed by atoms with Gasteiger partial charge < -0.3 is 14.8 Å². The maximum atomic E-state index is 11.3. The molecule has 0 aliphatic rings. The molecule has 0 spiro atoms. The van der Waals surface area contributed by atoms with Crippen LogP contribution in [0.2, 0.25) is 5.02 Å². The molecule has 110 valence electrons. The van der Waals surface area contributed by atoms with E-state index in [0.717, 1.165) is 5.56 Å². The summed E-state index contributed by atoms with van der Waals surface area (Å²) in [6, 6.07) is 7.00. The summed E-state index contributed by atoms with van der Waals surface area (Å²) in [5.74, 6) is -0.745. The smallest absolute Gasteiger partial charge is 0.307 e. The van der Waals surface area contributed by atoms with Crippen molar-refractivity contribution in [3.05, 3.63) is 34.9 Å². The van der Waals surface area contributed by atoms with Crippen LogP contribution >= 0.6 is 11.6 Å². The lowest BCUT2D eigenvalue weighted by molar-refractivity contribution is -0.143. The van der Waals surface area contributed by atoms with Gasteiger partial charge in [-0.3, -0.25) is 9.59 Å². The van der Waals surface area contributed by atoms with Crippen molar-refractivity contribution < 1.29 is 19.1 Å². The Balaban J connectivity index is 2.56. The second-order valence-corrected chi connectivity index (χ2v) is 4.70. The SMILES string of the molecule is COC(=O)CC(CC(=O)OC)NCc1ccc(Cl)cc1. The topological polar surface area (TPSA) is 64.6 Å². The predicted octanol–water partition coefficient (Wildman–Crippen LogP) is 1.92. The van der Waals surface area contributed by atoms with E-state index in [1.54, 1.807) is 12.1 Å². The number of esters is 2. The third kappa shape index (κ3) is 6.04. The summed E-state index contributed by atoms with van der Waals surface area (Å²) in [7, 11) is 2.63. The first-order chi connectivity index (χ1) is 9.55. The van der Waals surface area contributed by atoms with Gasteiger partial charge in [0.05, 0.1) is 27.1 Å². The molecule has 0 amide bonds. The van der Waals surface area contributed by atoms with Gasteiger partial charge in [-0.05, 0) is 17.7 Å². The van der Waals surface area contributed by atoms with E-state index in [1.807, 2.05) is 12.1 Å². The summed E-state index contributed by atoms with van der Waals surface area (Å²) >= 11 is 5.81. The van der Waals surface area contributed by atoms with Gasteiger partial charge in [-0.15, -0.1) is 0 Å². The van der Waals surface area contributed by atoms with E-state index in [0.29, 0.717) is 11.6 Å². The van der Waals surface area contributed by atoms with E-state index in [-0.39, 0.29) is 30.8 Å². The molecule has 0 saturated heterocycles. The highest BCUT2D eigenvalue weighted by molar-refractivity contribution is 6.30. The first kappa shape index (κ1) is 16.5. The van der Waals surface area contributed by atoms with Crippen LogP contribution in [0.1, 0.15) is 18.4 Å². The van der Waals surface area contributed by atoms with Crippen molar-refractivity contribution in [2.24, 2.45) is 0 Å². The number of carbonyl (C=O) groups is 2. The van der Waals surface area contributed by atoms with Crippen molar-refractivity contribution in [2.75, 3.05) is 14.2 Å². The first-order valence-corrected chi connectivity index (χ1v) is 6.54. The average molecular weight is 300 g/mol. The molecule has 0 unspecified atom stereocenters. The molecule has 1 aromatic rings. The van der Waals surface area contributed by atoms with Crippen LogP contribution in [-0.4, -0.2) is 32.2 Å². The molecule has 0 aliphatic carbocycles. The number of hydrogen-bond acceptors (Lipinski definition) is 5. The van der Waals surface area contributed by atoms with Gasteiger partial charge in [-0.2, -0.15) is 0 Å². The lowest BCUT2D eigenvalue weighted by atomic mass is 10.1. The quantitative estimate of drug-likeness (QED) is 0.779. The average Bonchev–Trinajstić information content (AvgIpc) is 2.46. The van der Waals surface area contributed by atoms with Crippen molar-refractivity contribution >= 4 is 23.5 Å². The summed E-state index contributed by atoms with van der Waals surface area (Å²) < 4.78 is 9.23. The van der Waals surface area contributed by atoms with E-state index in [2.05, 4.69) is 14.8 Å². The summed E-state index contributed by atoms with van der Waals surface area (Å²) in [4.78, 5) is 22.6. The number of carbonyl (C=O) groups excluding carboxylic acids is 2. The monoisotopic (exact) mass is 299 g/mol. The zero-order valence-corrected chi connectivity index (χ0v) is 12.3. The Kier molecular flexibility index (Phi) is 7.04. The molecule has 20 heavy (non-hydrogen) atoms. The minimum absolute atomic E-state index is 0.110. The fourth-order valence-electron chi connectivity index (χ4n) is 1.65. The van der Waals surface area contributed by atoms with Gasteiger partial charge in [-0.25, -0.2) is 0 Å². The Morgan fingerprint density at radius 1 is 1.10 bits per heavy atom. The fraction of sp³-hybridized carbons (Fsp3) is 0.429. The van der Waals surface area contributed by atoms with Gasteiger partial charge in [0.15, 0.2) is 0 Å². The number of rotatable bonds is 7. The molecule has 1 aromatic carbocycles. The van der Waals surface area contributed by atoms with E-state index in [1.165, 1.54) is 14.2 Å². The van der Waals surface area contributed by atoms with E-state index < -0.39 is 0 Å². The summed E-state index contributed by atoms with van der Waals surface area (Å²) in [6.45, 7) is 0.524. The van der Waals surface area contributed by atoms with E-state index >= 15 is 0 Å². The maximum Gasteiger partial charge on any atom is 0.307 e. The summed E-state index contributed by atoms with van der Waals surface area (Å²) in [5.41, 5.74) is 1.01. The number of ether oxygens (including phenoxy) is 2. The molecule has 0 atom stereocenters. The fourth-order valence-corrected chi connectivity index (χ4v) is 1.78. The standard InChI is InChI=1S/C14H18ClNO4/c1-19-13(17)7-12(8-14(18)20-2)16-9-10-3-5-11(15)6-4-10/h3-6,12,16H,7-9H2,1-2H3. The molecule has 0 heterocycles. The molecule has 1 N–H and O–H groups in total. The van der Waals surface area contributed by atoms with Gasteiger partial charge in [0.2, 0.25) is 0 Å². The Hall–Kier alpha value is -1.59. The highest BCUT2D eigenvalue weighted by Gasteiger charge is 2.18. The highest BCUT2D eigenvalue weighted by Crippen LogP contribution is 2.10. The highest BCUT2D eigenvalue weighted by atomic mass is 35.5. The van der Waals surface area contributed by atoms with Crippen molar-refractivity contribution in [2.45, 2.75) is 25.4 Å². The van der Waals surface area contributed by atoms with Gasteiger partial charge in [-0.1, -0.05) is 23.7 Å². The van der Waals surface area contributed by atoms with Crippen molar-refractivity contribution in [3.8, 4) is 0 Å². The molecular formula is C14H18ClNO4. The molecule has 0 bridgehead atoms. The lowest BCUT2D eigenvalue weighted by Crippen LogP contribution is -2.33. The number of nitrogens with one attached hydrogen (secondary N) is 1. The zero-order valence-electron chi connectivity index (χ0n) is 11.5. The molecule has 0 aromatic heterocycles. The number of methoxy groups -OCH3 is 2. The van der Waals surface area contributed by atoms with Crippen LogP contribution < -0.4 is 5.32 Å². The first-order valence-electron chi connectivity index (χ1n) is 6.16. The van der Waals surface area contributed by atoms with Crippen molar-refractivity contribution in [3.63, 3.8) is 0 Å². The summed E-state index contributed by atoms with van der Waals surface area (Å²) in [6.07, 6.45) is 0.221. The second kappa shape index (κ2) is 8.55. The molecule has 0 aliphatic heterocycles. The number of halogens is 1. The largest absolute Gasteiger partial charge is 0.469 e. The zero-order chi connectivity index (χ0) is 15.0. The van der Waals surface area contributed by atoms with Gasteiger partial charge in [0, 0.05) is 17.6 Å². The molecule has 5 nitrogen and oxygen atoms in total. The van der Waals surface area contributed by atoms with E-state index in [4.69, 9.17) is 11.6 Å². The van der Waals surface area contributed by atoms with Gasteiger partial charge in [0.25, 0.3) is 0 Å². The number of benzene rings is 1. The predicted molar refractivity (Wildman–Crippen MR) is 75.3 cm³/mol. The van der Waals surface area contributed by atoms with Crippen molar-refractivity contribution in [1.82, 2.24) is 5.32 Å². The maximum absolute atomic E-state index is 11.3. The van der Waals surface area contributed by atoms with Crippen LogP contribution in [0, 0.1) is 0 Å². The Morgan fingerprint density at radius 3 is 2.05 bits per heavy atom. The lowest BCUT2D eigenvalue weighted by Gasteiger charge is -2.16. The minimum Gasteiger partial charge on any atom is -0.469 e. The molecule has 0 saturated carbocycles. The molecule has 0 fully saturated rings. The summed E-state index contributed by atoms with van der Waals surface area (Å²) in [5, 5.41) is 3.80. The normalized spacial score (nSPS) is 10.4. The van der Waals surface area contributed by atoms with Crippen LogP contribution in [0.15, 0.2) is 24.3 Å². The van der Waals surface area contributed by atoms with Crippen LogP contribution in [-0.2, 0) is 25.6 Å². The number of hydrogen-bond donors (Lipinski definition) is 1. The van der Waals surface area contributed by atoms with E-state index in [9.17, 15) is 9.59 Å². The molecule has 1 rings (SSSR count). The molecule has 0 radical (unpaired) electrons. The Labute approximate surface area is 123 Å². The Bertz CT molecular complexity index is 429. The van der Waals surface area contributed by atoms with Crippen LogP contribution in [0.3, 0.4) is 0 Å².